The molecule has 1 heterocycles. The topological polar surface area (TPSA) is 45.0 Å². The van der Waals surface area contributed by atoms with Gasteiger partial charge in [-0.2, -0.15) is 17.0 Å². The Morgan fingerprint density at radius 1 is 1.43 bits per heavy atom. The molecule has 0 aliphatic carbocycles. The van der Waals surface area contributed by atoms with Gasteiger partial charge < -0.3 is 10.1 Å². The van der Waals surface area contributed by atoms with Gasteiger partial charge in [0, 0.05) is 30.5 Å². The molecule has 4 heteroatoms. The minimum atomic E-state index is 0.260. The number of nitriles is 1. The first-order valence-corrected chi connectivity index (χ1v) is 8.63. The van der Waals surface area contributed by atoms with Crippen LogP contribution in [0.5, 0.6) is 0 Å². The molecule has 0 saturated carbocycles. The molecular formula is C17H24N2OS. The van der Waals surface area contributed by atoms with Crippen LogP contribution >= 0.6 is 11.8 Å². The zero-order chi connectivity index (χ0) is 15.1. The van der Waals surface area contributed by atoms with Crippen LogP contribution < -0.4 is 5.32 Å². The normalized spacial score (nSPS) is 18.9. The highest BCUT2D eigenvalue weighted by molar-refractivity contribution is 8.00. The van der Waals surface area contributed by atoms with Crippen molar-refractivity contribution in [1.29, 1.82) is 5.26 Å². The van der Waals surface area contributed by atoms with Gasteiger partial charge in [-0.05, 0) is 43.2 Å². The van der Waals surface area contributed by atoms with Gasteiger partial charge in [0.2, 0.25) is 0 Å². The Balaban J connectivity index is 1.98. The van der Waals surface area contributed by atoms with Gasteiger partial charge in [0.15, 0.2) is 0 Å². The van der Waals surface area contributed by atoms with Crippen molar-refractivity contribution in [3.8, 4) is 6.07 Å². The number of rotatable bonds is 6. The Morgan fingerprint density at radius 3 is 2.86 bits per heavy atom. The van der Waals surface area contributed by atoms with Crippen LogP contribution in [0.15, 0.2) is 24.3 Å². The lowest BCUT2D eigenvalue weighted by Gasteiger charge is -2.37. The Hall–Kier alpha value is -1.02. The Bertz CT molecular complexity index is 486. The van der Waals surface area contributed by atoms with Gasteiger partial charge in [-0.25, -0.2) is 0 Å². The maximum absolute atomic E-state index is 9.00. The number of hydrogen-bond donors (Lipinski definition) is 1. The molecule has 1 aliphatic rings. The third-order valence-corrected chi connectivity index (χ3v) is 5.55. The summed E-state index contributed by atoms with van der Waals surface area (Å²) in [5.41, 5.74) is 1.91. The maximum Gasteiger partial charge on any atom is 0.0991 e. The molecule has 1 saturated heterocycles. The molecule has 1 fully saturated rings. The van der Waals surface area contributed by atoms with E-state index in [0.717, 1.165) is 43.9 Å². The highest BCUT2D eigenvalue weighted by Crippen LogP contribution is 2.35. The maximum atomic E-state index is 9.00. The summed E-state index contributed by atoms with van der Waals surface area (Å²) in [6.07, 6.45) is 2.23. The largest absolute Gasteiger partial charge is 0.381 e. The summed E-state index contributed by atoms with van der Waals surface area (Å²) in [6.45, 7) is 7.12. The van der Waals surface area contributed by atoms with Crippen LogP contribution in [0, 0.1) is 11.3 Å². The third-order valence-electron chi connectivity index (χ3n) is 4.10. The van der Waals surface area contributed by atoms with E-state index < -0.39 is 0 Å². The number of thioether (sulfide) groups is 1. The lowest BCUT2D eigenvalue weighted by atomic mass is 9.97. The molecule has 1 aliphatic heterocycles. The molecule has 3 nitrogen and oxygen atoms in total. The van der Waals surface area contributed by atoms with E-state index in [2.05, 4.69) is 31.3 Å². The summed E-state index contributed by atoms with van der Waals surface area (Å²) in [5, 5.41) is 12.7. The molecule has 0 amide bonds. The van der Waals surface area contributed by atoms with Gasteiger partial charge in [-0.1, -0.05) is 19.1 Å². The quantitative estimate of drug-likeness (QED) is 0.873. The van der Waals surface area contributed by atoms with E-state index in [4.69, 9.17) is 10.00 Å². The van der Waals surface area contributed by atoms with Crippen molar-refractivity contribution in [3.05, 3.63) is 35.4 Å². The minimum Gasteiger partial charge on any atom is -0.381 e. The van der Waals surface area contributed by atoms with E-state index >= 15 is 0 Å². The zero-order valence-electron chi connectivity index (χ0n) is 12.9. The zero-order valence-corrected chi connectivity index (χ0v) is 13.7. The molecule has 114 valence electrons. The van der Waals surface area contributed by atoms with E-state index in [0.29, 0.717) is 4.75 Å². The van der Waals surface area contributed by atoms with Crippen molar-refractivity contribution in [2.45, 2.75) is 37.5 Å². The van der Waals surface area contributed by atoms with Crippen molar-refractivity contribution in [2.24, 2.45) is 0 Å². The number of ether oxygens (including phenoxy) is 1. The van der Waals surface area contributed by atoms with Gasteiger partial charge in [0.1, 0.15) is 0 Å². The SMILES string of the molecule is CCSC1(CN[C@@H](C)c2cccc(C#N)c2)CCOCC1. The highest BCUT2D eigenvalue weighted by Gasteiger charge is 2.32. The van der Waals surface area contributed by atoms with Crippen molar-refractivity contribution in [1.82, 2.24) is 5.32 Å². The van der Waals surface area contributed by atoms with E-state index in [-0.39, 0.29) is 6.04 Å². The van der Waals surface area contributed by atoms with Crippen LogP contribution in [0.25, 0.3) is 0 Å². The molecule has 1 N–H and O–H groups in total. The fraction of sp³-hybridized carbons (Fsp3) is 0.588. The van der Waals surface area contributed by atoms with Crippen LogP contribution in [0.1, 0.15) is 43.9 Å². The van der Waals surface area contributed by atoms with E-state index in [9.17, 15) is 0 Å². The second-order valence-electron chi connectivity index (χ2n) is 5.57. The number of nitrogens with one attached hydrogen (secondary N) is 1. The van der Waals surface area contributed by atoms with Gasteiger partial charge in [0.05, 0.1) is 11.6 Å². The first-order chi connectivity index (χ1) is 10.2. The van der Waals surface area contributed by atoms with E-state index in [1.54, 1.807) is 0 Å². The minimum absolute atomic E-state index is 0.260. The summed E-state index contributed by atoms with van der Waals surface area (Å²) < 4.78 is 5.82. The van der Waals surface area contributed by atoms with Gasteiger partial charge >= 0.3 is 0 Å². The summed E-state index contributed by atoms with van der Waals surface area (Å²) in [5.74, 6) is 1.14. The van der Waals surface area contributed by atoms with Crippen LogP contribution in [0.4, 0.5) is 0 Å². The monoisotopic (exact) mass is 304 g/mol. The lowest BCUT2D eigenvalue weighted by molar-refractivity contribution is 0.0766. The average molecular weight is 304 g/mol. The summed E-state index contributed by atoms with van der Waals surface area (Å²) >= 11 is 2.05. The van der Waals surface area contributed by atoms with Crippen molar-refractivity contribution in [2.75, 3.05) is 25.5 Å². The average Bonchev–Trinajstić information content (AvgIpc) is 2.54. The van der Waals surface area contributed by atoms with Crippen molar-refractivity contribution >= 4 is 11.8 Å². The first kappa shape index (κ1) is 16.4. The molecule has 0 spiro atoms. The molecule has 1 aromatic carbocycles. The number of hydrogen-bond acceptors (Lipinski definition) is 4. The highest BCUT2D eigenvalue weighted by atomic mass is 32.2. The molecule has 2 rings (SSSR count). The predicted octanol–water partition coefficient (Wildman–Crippen LogP) is 3.51. The Kier molecular flexibility index (Phi) is 6.10. The molecule has 0 unspecified atom stereocenters. The summed E-state index contributed by atoms with van der Waals surface area (Å²) in [7, 11) is 0. The van der Waals surface area contributed by atoms with Gasteiger partial charge in [0.25, 0.3) is 0 Å². The third kappa shape index (κ3) is 4.47. The van der Waals surface area contributed by atoms with Crippen LogP contribution in [0.2, 0.25) is 0 Å². The standard InChI is InChI=1S/C17H24N2OS/c1-3-21-17(7-9-20-10-8-17)13-19-14(2)16-6-4-5-15(11-16)12-18/h4-6,11,14,19H,3,7-10,13H2,1-2H3/t14-/m0/s1. The summed E-state index contributed by atoms with van der Waals surface area (Å²) in [6, 6.07) is 10.3. The fourth-order valence-electron chi connectivity index (χ4n) is 2.76. The van der Waals surface area contributed by atoms with Crippen LogP contribution in [-0.4, -0.2) is 30.3 Å². The molecule has 1 aromatic rings. The fourth-order valence-corrected chi connectivity index (χ4v) is 4.01. The number of nitrogens with zero attached hydrogens (tertiary/aromatic N) is 1. The molecular weight excluding hydrogens is 280 g/mol. The van der Waals surface area contributed by atoms with Crippen molar-refractivity contribution in [3.63, 3.8) is 0 Å². The van der Waals surface area contributed by atoms with Crippen LogP contribution in [0.3, 0.4) is 0 Å². The van der Waals surface area contributed by atoms with E-state index in [1.165, 1.54) is 5.56 Å². The summed E-state index contributed by atoms with van der Waals surface area (Å²) in [4.78, 5) is 0. The van der Waals surface area contributed by atoms with Crippen molar-refractivity contribution < 1.29 is 4.74 Å². The van der Waals surface area contributed by atoms with Gasteiger partial charge in [-0.15, -0.1) is 0 Å². The molecule has 0 aromatic heterocycles. The molecule has 1 atom stereocenters. The Morgan fingerprint density at radius 2 is 2.19 bits per heavy atom. The second-order valence-corrected chi connectivity index (χ2v) is 7.30. The van der Waals surface area contributed by atoms with E-state index in [1.807, 2.05) is 30.0 Å². The lowest BCUT2D eigenvalue weighted by Crippen LogP contribution is -2.43. The molecule has 21 heavy (non-hydrogen) atoms. The Labute approximate surface area is 132 Å². The second kappa shape index (κ2) is 7.84. The molecule has 0 bridgehead atoms. The van der Waals surface area contributed by atoms with Gasteiger partial charge in [-0.3, -0.25) is 0 Å². The van der Waals surface area contributed by atoms with Crippen LogP contribution in [-0.2, 0) is 4.74 Å². The predicted molar refractivity (Wildman–Crippen MR) is 88.5 cm³/mol. The number of benzene rings is 1. The molecule has 0 radical (unpaired) electrons. The smallest absolute Gasteiger partial charge is 0.0991 e. The first-order valence-electron chi connectivity index (χ1n) is 7.64.